The van der Waals surface area contributed by atoms with Crippen LogP contribution in [0.2, 0.25) is 0 Å². The van der Waals surface area contributed by atoms with Gasteiger partial charge in [0, 0.05) is 17.3 Å². The summed E-state index contributed by atoms with van der Waals surface area (Å²) in [4.78, 5) is 27.9. The van der Waals surface area contributed by atoms with Crippen LogP contribution in [0.15, 0.2) is 63.3 Å². The molecule has 0 aliphatic heterocycles. The largest absolute Gasteiger partial charge is 0.411 e. The molecule has 2 heterocycles. The number of hydrogen-bond donors (Lipinski definition) is 2. The van der Waals surface area contributed by atoms with Gasteiger partial charge in [-0.1, -0.05) is 23.9 Å². The molecule has 0 bridgehead atoms. The molecular weight excluding hydrogens is 386 g/mol. The van der Waals surface area contributed by atoms with Gasteiger partial charge < -0.3 is 15.5 Å². The van der Waals surface area contributed by atoms with Crippen LogP contribution in [0.4, 0.5) is 5.69 Å². The van der Waals surface area contributed by atoms with Crippen LogP contribution in [0.25, 0.3) is 11.5 Å². The zero-order chi connectivity index (χ0) is 19.1. The van der Waals surface area contributed by atoms with Crippen LogP contribution < -0.4 is 11.1 Å². The highest BCUT2D eigenvalue weighted by atomic mass is 32.2. The molecule has 0 aliphatic carbocycles. The molecule has 3 aromatic rings. The fourth-order valence-corrected chi connectivity index (χ4v) is 3.34. The molecule has 2 amide bonds. The Kier molecular flexibility index (Phi) is 6.44. The number of nitrogens with zero attached hydrogens (tertiary/aromatic N) is 3. The Labute approximate surface area is 163 Å². The SMILES string of the molecule is NC(=O)CSc1ccccc1NC(=O)CSc1nnc(-c2cccnc2)o1. The van der Waals surface area contributed by atoms with E-state index in [0.29, 0.717) is 22.4 Å². The number of nitrogens with two attached hydrogens (primary N) is 1. The van der Waals surface area contributed by atoms with Crippen LogP contribution >= 0.6 is 23.5 Å². The van der Waals surface area contributed by atoms with Crippen molar-refractivity contribution < 1.29 is 14.0 Å². The molecule has 0 spiro atoms. The highest BCUT2D eigenvalue weighted by Crippen LogP contribution is 2.27. The smallest absolute Gasteiger partial charge is 0.277 e. The molecule has 3 N–H and O–H groups in total. The van der Waals surface area contributed by atoms with Gasteiger partial charge in [-0.05, 0) is 24.3 Å². The second kappa shape index (κ2) is 9.19. The molecule has 10 heteroatoms. The Morgan fingerprint density at radius 2 is 1.93 bits per heavy atom. The van der Waals surface area contributed by atoms with E-state index in [0.717, 1.165) is 16.7 Å². The number of anilines is 1. The van der Waals surface area contributed by atoms with Gasteiger partial charge in [0.2, 0.25) is 17.7 Å². The molecule has 27 heavy (non-hydrogen) atoms. The maximum atomic E-state index is 12.2. The van der Waals surface area contributed by atoms with Crippen molar-refractivity contribution in [1.29, 1.82) is 0 Å². The van der Waals surface area contributed by atoms with E-state index in [1.165, 1.54) is 11.8 Å². The lowest BCUT2D eigenvalue weighted by molar-refractivity contribution is -0.115. The van der Waals surface area contributed by atoms with Gasteiger partial charge in [-0.2, -0.15) is 0 Å². The fourth-order valence-electron chi connectivity index (χ4n) is 2.03. The third kappa shape index (κ3) is 5.56. The number of nitrogens with one attached hydrogen (secondary N) is 1. The molecule has 138 valence electrons. The van der Waals surface area contributed by atoms with Crippen molar-refractivity contribution in [2.75, 3.05) is 16.8 Å². The molecule has 0 fully saturated rings. The Hall–Kier alpha value is -2.85. The van der Waals surface area contributed by atoms with E-state index in [2.05, 4.69) is 20.5 Å². The number of pyridine rings is 1. The topological polar surface area (TPSA) is 124 Å². The van der Waals surface area contributed by atoms with Crippen molar-refractivity contribution in [3.63, 3.8) is 0 Å². The molecular formula is C17H15N5O3S2. The molecule has 3 rings (SSSR count). The lowest BCUT2D eigenvalue weighted by atomic mass is 10.3. The summed E-state index contributed by atoms with van der Waals surface area (Å²) in [5.41, 5.74) is 6.50. The normalized spacial score (nSPS) is 10.5. The van der Waals surface area contributed by atoms with Gasteiger partial charge >= 0.3 is 0 Å². The van der Waals surface area contributed by atoms with E-state index in [-0.39, 0.29) is 17.4 Å². The summed E-state index contributed by atoms with van der Waals surface area (Å²) in [5, 5.41) is 11.0. The summed E-state index contributed by atoms with van der Waals surface area (Å²) in [6.07, 6.45) is 3.27. The van der Waals surface area contributed by atoms with Crippen molar-refractivity contribution in [1.82, 2.24) is 15.2 Å². The summed E-state index contributed by atoms with van der Waals surface area (Å²) in [6.45, 7) is 0. The van der Waals surface area contributed by atoms with Crippen LogP contribution in [0, 0.1) is 0 Å². The minimum atomic E-state index is -0.419. The van der Waals surface area contributed by atoms with Crippen molar-refractivity contribution in [3.05, 3.63) is 48.8 Å². The number of rotatable bonds is 8. The van der Waals surface area contributed by atoms with Gasteiger partial charge in [0.1, 0.15) is 0 Å². The molecule has 1 aromatic carbocycles. The molecule has 0 unspecified atom stereocenters. The molecule has 0 saturated heterocycles. The number of carbonyl (C=O) groups excluding carboxylic acids is 2. The predicted octanol–water partition coefficient (Wildman–Crippen LogP) is 2.44. The van der Waals surface area contributed by atoms with Crippen LogP contribution in [0.5, 0.6) is 0 Å². The van der Waals surface area contributed by atoms with Crippen LogP contribution in [0.3, 0.4) is 0 Å². The van der Waals surface area contributed by atoms with Gasteiger partial charge in [-0.15, -0.1) is 22.0 Å². The van der Waals surface area contributed by atoms with Gasteiger partial charge in [-0.3, -0.25) is 14.6 Å². The molecule has 0 saturated carbocycles. The first-order valence-electron chi connectivity index (χ1n) is 7.78. The molecule has 8 nitrogen and oxygen atoms in total. The summed E-state index contributed by atoms with van der Waals surface area (Å²) in [6, 6.07) is 10.8. The first kappa shape index (κ1) is 18.9. The summed E-state index contributed by atoms with van der Waals surface area (Å²) >= 11 is 2.40. The molecule has 0 aliphatic rings. The standard InChI is InChI=1S/C17H15N5O3S2/c18-14(23)9-26-13-6-2-1-5-12(13)20-15(24)10-27-17-22-21-16(25-17)11-4-3-7-19-8-11/h1-8H,9-10H2,(H2,18,23)(H,20,24). The molecule has 0 atom stereocenters. The Bertz CT molecular complexity index is 933. The lowest BCUT2D eigenvalue weighted by Gasteiger charge is -2.09. The van der Waals surface area contributed by atoms with Crippen LogP contribution in [0.1, 0.15) is 0 Å². The third-order valence-electron chi connectivity index (χ3n) is 3.17. The quantitative estimate of drug-likeness (QED) is 0.552. The van der Waals surface area contributed by atoms with Gasteiger partial charge in [0.05, 0.1) is 22.8 Å². The van der Waals surface area contributed by atoms with Crippen molar-refractivity contribution >= 4 is 41.0 Å². The molecule has 0 radical (unpaired) electrons. The number of carbonyl (C=O) groups is 2. The molecule has 2 aromatic heterocycles. The highest BCUT2D eigenvalue weighted by molar-refractivity contribution is 8.00. The third-order valence-corrected chi connectivity index (χ3v) is 5.09. The Morgan fingerprint density at radius 3 is 2.70 bits per heavy atom. The van der Waals surface area contributed by atoms with E-state index >= 15 is 0 Å². The number of primary amides is 1. The maximum absolute atomic E-state index is 12.2. The first-order chi connectivity index (χ1) is 13.1. The van der Waals surface area contributed by atoms with Gasteiger partial charge in [-0.25, -0.2) is 0 Å². The number of hydrogen-bond acceptors (Lipinski definition) is 8. The fraction of sp³-hybridized carbons (Fsp3) is 0.118. The Morgan fingerprint density at radius 1 is 1.07 bits per heavy atom. The average molecular weight is 401 g/mol. The second-order valence-electron chi connectivity index (χ2n) is 5.20. The van der Waals surface area contributed by atoms with E-state index in [1.807, 2.05) is 18.2 Å². The van der Waals surface area contributed by atoms with Gasteiger partial charge in [0.15, 0.2) is 0 Å². The zero-order valence-corrected chi connectivity index (χ0v) is 15.6. The highest BCUT2D eigenvalue weighted by Gasteiger charge is 2.13. The summed E-state index contributed by atoms with van der Waals surface area (Å²) in [5.74, 6) is -0.0607. The Balaban J connectivity index is 1.56. The van der Waals surface area contributed by atoms with E-state index in [9.17, 15) is 9.59 Å². The van der Waals surface area contributed by atoms with E-state index in [4.69, 9.17) is 10.2 Å². The summed E-state index contributed by atoms with van der Waals surface area (Å²) in [7, 11) is 0. The van der Waals surface area contributed by atoms with Gasteiger partial charge in [0.25, 0.3) is 5.22 Å². The zero-order valence-electron chi connectivity index (χ0n) is 14.0. The van der Waals surface area contributed by atoms with Crippen LogP contribution in [-0.4, -0.2) is 38.5 Å². The maximum Gasteiger partial charge on any atom is 0.277 e. The number of benzene rings is 1. The number of amides is 2. The second-order valence-corrected chi connectivity index (χ2v) is 7.15. The number of aromatic nitrogens is 3. The summed E-state index contributed by atoms with van der Waals surface area (Å²) < 4.78 is 5.52. The number of para-hydroxylation sites is 1. The minimum Gasteiger partial charge on any atom is -0.411 e. The van der Waals surface area contributed by atoms with Crippen molar-refractivity contribution in [2.45, 2.75) is 10.1 Å². The van der Waals surface area contributed by atoms with E-state index in [1.54, 1.807) is 30.6 Å². The van der Waals surface area contributed by atoms with Crippen molar-refractivity contribution in [2.24, 2.45) is 5.73 Å². The van der Waals surface area contributed by atoms with Crippen molar-refractivity contribution in [3.8, 4) is 11.5 Å². The average Bonchev–Trinajstić information content (AvgIpc) is 3.15. The monoisotopic (exact) mass is 401 g/mol. The number of thioether (sulfide) groups is 2. The van der Waals surface area contributed by atoms with Crippen LogP contribution in [-0.2, 0) is 9.59 Å². The lowest BCUT2D eigenvalue weighted by Crippen LogP contribution is -2.16. The predicted molar refractivity (Wildman–Crippen MR) is 103 cm³/mol. The van der Waals surface area contributed by atoms with E-state index < -0.39 is 5.91 Å². The first-order valence-corrected chi connectivity index (χ1v) is 9.75. The minimum absolute atomic E-state index is 0.101.